The predicted octanol–water partition coefficient (Wildman–Crippen LogP) is 2.50. The van der Waals surface area contributed by atoms with Crippen LogP contribution in [0.3, 0.4) is 0 Å². The number of nitrogens with zero attached hydrogens (tertiary/aromatic N) is 1. The number of ether oxygens (including phenoxy) is 1. The first-order chi connectivity index (χ1) is 11.0. The number of aryl methyl sites for hydroxylation is 1. The van der Waals surface area contributed by atoms with E-state index in [1.165, 1.54) is 24.3 Å². The molecular formula is C17H15FN2O3. The van der Waals surface area contributed by atoms with E-state index in [-0.39, 0.29) is 24.8 Å². The number of carbonyl (C=O) groups is 2. The van der Waals surface area contributed by atoms with Gasteiger partial charge < -0.3 is 15.0 Å². The van der Waals surface area contributed by atoms with Gasteiger partial charge in [0.1, 0.15) is 12.4 Å². The lowest BCUT2D eigenvalue weighted by Crippen LogP contribution is -2.41. The molecule has 1 aliphatic rings. The zero-order valence-corrected chi connectivity index (χ0v) is 12.5. The number of anilines is 2. The summed E-state index contributed by atoms with van der Waals surface area (Å²) in [4.78, 5) is 25.5. The Morgan fingerprint density at radius 1 is 1.26 bits per heavy atom. The van der Waals surface area contributed by atoms with E-state index in [1.54, 1.807) is 11.0 Å². The summed E-state index contributed by atoms with van der Waals surface area (Å²) in [6.45, 7) is 1.91. The number of hydrogen-bond donors (Lipinski definition) is 1. The maximum Gasteiger partial charge on any atom is 0.331 e. The van der Waals surface area contributed by atoms with E-state index >= 15 is 0 Å². The molecule has 0 aliphatic carbocycles. The van der Waals surface area contributed by atoms with Gasteiger partial charge in [-0.1, -0.05) is 6.07 Å². The van der Waals surface area contributed by atoms with Gasteiger partial charge in [-0.3, -0.25) is 4.79 Å². The first kappa shape index (κ1) is 15.0. The SMILES string of the molecule is Cc1ccc2c(c1)OC(=O)CN2CC(=O)Nc1ccc(F)cc1. The molecular weight excluding hydrogens is 299 g/mol. The van der Waals surface area contributed by atoms with E-state index < -0.39 is 5.97 Å². The Hall–Kier alpha value is -2.89. The van der Waals surface area contributed by atoms with Crippen LogP contribution in [0.1, 0.15) is 5.56 Å². The molecule has 0 fully saturated rings. The van der Waals surface area contributed by atoms with Gasteiger partial charge in [-0.2, -0.15) is 0 Å². The van der Waals surface area contributed by atoms with Crippen molar-refractivity contribution in [1.82, 2.24) is 0 Å². The van der Waals surface area contributed by atoms with Crippen molar-refractivity contribution in [3.63, 3.8) is 0 Å². The molecule has 0 aromatic heterocycles. The van der Waals surface area contributed by atoms with Crippen molar-refractivity contribution in [3.05, 3.63) is 53.8 Å². The number of nitrogens with one attached hydrogen (secondary N) is 1. The third kappa shape index (κ3) is 3.48. The van der Waals surface area contributed by atoms with Crippen molar-refractivity contribution in [2.45, 2.75) is 6.92 Å². The number of amides is 1. The Morgan fingerprint density at radius 3 is 2.74 bits per heavy atom. The highest BCUT2D eigenvalue weighted by Crippen LogP contribution is 2.32. The number of hydrogen-bond acceptors (Lipinski definition) is 4. The lowest BCUT2D eigenvalue weighted by atomic mass is 10.1. The van der Waals surface area contributed by atoms with E-state index in [0.717, 1.165) is 5.56 Å². The minimum Gasteiger partial charge on any atom is -0.423 e. The minimum absolute atomic E-state index is 0.00252. The van der Waals surface area contributed by atoms with Crippen molar-refractivity contribution in [2.75, 3.05) is 23.3 Å². The van der Waals surface area contributed by atoms with Crippen LogP contribution in [0.15, 0.2) is 42.5 Å². The highest BCUT2D eigenvalue weighted by Gasteiger charge is 2.25. The summed E-state index contributed by atoms with van der Waals surface area (Å²) in [5, 5.41) is 2.67. The monoisotopic (exact) mass is 314 g/mol. The van der Waals surface area contributed by atoms with Gasteiger partial charge in [0.25, 0.3) is 0 Å². The number of fused-ring (bicyclic) bond motifs is 1. The standard InChI is InChI=1S/C17H15FN2O3/c1-11-2-7-14-15(8-11)23-17(22)10-20(14)9-16(21)19-13-5-3-12(18)4-6-13/h2-8H,9-10H2,1H3,(H,19,21). The van der Waals surface area contributed by atoms with E-state index in [1.807, 2.05) is 19.1 Å². The fourth-order valence-corrected chi connectivity index (χ4v) is 2.41. The molecule has 23 heavy (non-hydrogen) atoms. The van der Waals surface area contributed by atoms with Gasteiger partial charge in [0, 0.05) is 5.69 Å². The number of benzene rings is 2. The highest BCUT2D eigenvalue weighted by molar-refractivity contribution is 5.96. The molecule has 2 aromatic carbocycles. The van der Waals surface area contributed by atoms with E-state index in [9.17, 15) is 14.0 Å². The van der Waals surface area contributed by atoms with Gasteiger partial charge in [0.15, 0.2) is 5.75 Å². The van der Waals surface area contributed by atoms with Crippen molar-refractivity contribution in [1.29, 1.82) is 0 Å². The van der Waals surface area contributed by atoms with Crippen molar-refractivity contribution < 1.29 is 18.7 Å². The molecule has 2 aromatic rings. The Kier molecular flexibility index (Phi) is 3.97. The summed E-state index contributed by atoms with van der Waals surface area (Å²) in [5.41, 5.74) is 2.17. The average molecular weight is 314 g/mol. The lowest BCUT2D eigenvalue weighted by Gasteiger charge is -2.29. The summed E-state index contributed by atoms with van der Waals surface area (Å²) in [6.07, 6.45) is 0. The molecule has 5 nitrogen and oxygen atoms in total. The van der Waals surface area contributed by atoms with Gasteiger partial charge in [-0.05, 0) is 48.9 Å². The summed E-state index contributed by atoms with van der Waals surface area (Å²) in [7, 11) is 0. The number of esters is 1. The Labute approximate surface area is 132 Å². The van der Waals surface area contributed by atoms with Crippen LogP contribution in [0.2, 0.25) is 0 Å². The molecule has 1 aliphatic heterocycles. The largest absolute Gasteiger partial charge is 0.423 e. The van der Waals surface area contributed by atoms with Crippen LogP contribution < -0.4 is 15.0 Å². The van der Waals surface area contributed by atoms with E-state index in [0.29, 0.717) is 17.1 Å². The molecule has 6 heteroatoms. The highest BCUT2D eigenvalue weighted by atomic mass is 19.1. The van der Waals surface area contributed by atoms with Crippen molar-refractivity contribution in [3.8, 4) is 5.75 Å². The Bertz CT molecular complexity index is 759. The van der Waals surface area contributed by atoms with Crippen LogP contribution >= 0.6 is 0 Å². The third-order valence-corrected chi connectivity index (χ3v) is 3.46. The molecule has 0 unspecified atom stereocenters. The summed E-state index contributed by atoms with van der Waals surface area (Å²) in [6, 6.07) is 11.0. The fraction of sp³-hybridized carbons (Fsp3) is 0.176. The van der Waals surface area contributed by atoms with Gasteiger partial charge in [-0.15, -0.1) is 0 Å². The summed E-state index contributed by atoms with van der Waals surface area (Å²) >= 11 is 0. The first-order valence-electron chi connectivity index (χ1n) is 7.13. The van der Waals surface area contributed by atoms with E-state index in [4.69, 9.17) is 4.74 Å². The van der Waals surface area contributed by atoms with Crippen molar-refractivity contribution >= 4 is 23.3 Å². The number of carbonyl (C=O) groups excluding carboxylic acids is 2. The average Bonchev–Trinajstić information content (AvgIpc) is 2.49. The number of rotatable bonds is 3. The van der Waals surface area contributed by atoms with Crippen LogP contribution in [0.5, 0.6) is 5.75 Å². The zero-order chi connectivity index (χ0) is 16.4. The molecule has 1 heterocycles. The first-order valence-corrected chi connectivity index (χ1v) is 7.13. The normalized spacial score (nSPS) is 13.3. The minimum atomic E-state index is -0.405. The quantitative estimate of drug-likeness (QED) is 0.698. The molecule has 0 spiro atoms. The van der Waals surface area contributed by atoms with Gasteiger partial charge in [0.05, 0.1) is 12.2 Å². The second kappa shape index (κ2) is 6.08. The topological polar surface area (TPSA) is 58.6 Å². The molecule has 0 bridgehead atoms. The van der Waals surface area contributed by atoms with E-state index in [2.05, 4.69) is 5.32 Å². The molecule has 1 N–H and O–H groups in total. The molecule has 0 saturated carbocycles. The van der Waals surface area contributed by atoms with Crippen LogP contribution in [0.25, 0.3) is 0 Å². The second-order valence-corrected chi connectivity index (χ2v) is 5.36. The van der Waals surface area contributed by atoms with Crippen molar-refractivity contribution in [2.24, 2.45) is 0 Å². The molecule has 118 valence electrons. The van der Waals surface area contributed by atoms with Crippen LogP contribution in [-0.2, 0) is 9.59 Å². The summed E-state index contributed by atoms with van der Waals surface area (Å²) < 4.78 is 18.1. The van der Waals surface area contributed by atoms with Gasteiger partial charge in [0.2, 0.25) is 5.91 Å². The lowest BCUT2D eigenvalue weighted by molar-refractivity contribution is -0.133. The van der Waals surface area contributed by atoms with Gasteiger partial charge >= 0.3 is 5.97 Å². The Morgan fingerprint density at radius 2 is 2.00 bits per heavy atom. The van der Waals surface area contributed by atoms with Crippen LogP contribution in [0, 0.1) is 12.7 Å². The van der Waals surface area contributed by atoms with Gasteiger partial charge in [-0.25, -0.2) is 9.18 Å². The molecule has 1 amide bonds. The molecule has 0 saturated heterocycles. The maximum atomic E-state index is 12.9. The smallest absolute Gasteiger partial charge is 0.331 e. The second-order valence-electron chi connectivity index (χ2n) is 5.36. The van der Waals surface area contributed by atoms with Crippen LogP contribution in [0.4, 0.5) is 15.8 Å². The third-order valence-electron chi connectivity index (χ3n) is 3.46. The predicted molar refractivity (Wildman–Crippen MR) is 84.1 cm³/mol. The summed E-state index contributed by atoms with van der Waals surface area (Å²) in [5.74, 6) is -0.614. The van der Waals surface area contributed by atoms with Crippen LogP contribution in [-0.4, -0.2) is 25.0 Å². The molecule has 3 rings (SSSR count). The fourth-order valence-electron chi connectivity index (χ4n) is 2.41. The Balaban J connectivity index is 1.73. The maximum absolute atomic E-state index is 12.9. The molecule has 0 atom stereocenters. The zero-order valence-electron chi connectivity index (χ0n) is 12.5. The molecule has 0 radical (unpaired) electrons. The number of halogens is 1.